The molecule has 1 fully saturated rings. The number of nitrogens with zero attached hydrogens (tertiary/aromatic N) is 2. The van der Waals surface area contributed by atoms with Crippen molar-refractivity contribution in [2.45, 2.75) is 31.3 Å². The van der Waals surface area contributed by atoms with Crippen LogP contribution in [0.1, 0.15) is 29.2 Å². The second kappa shape index (κ2) is 7.24. The molecule has 144 valence electrons. The van der Waals surface area contributed by atoms with Crippen molar-refractivity contribution in [1.29, 1.82) is 0 Å². The van der Waals surface area contributed by atoms with Crippen LogP contribution in [-0.2, 0) is 12.7 Å². The highest BCUT2D eigenvalue weighted by Gasteiger charge is 2.35. The molecular formula is C18H16F4N2O3. The monoisotopic (exact) mass is 384 g/mol. The molecule has 5 nitrogen and oxygen atoms in total. The third-order valence-electron chi connectivity index (χ3n) is 4.57. The molecule has 0 spiro atoms. The fraction of sp³-hybridized carbons (Fsp3) is 0.333. The van der Waals surface area contributed by atoms with Gasteiger partial charge in [-0.1, -0.05) is 18.2 Å². The van der Waals surface area contributed by atoms with Crippen LogP contribution in [0.25, 0.3) is 0 Å². The number of hydrogen-bond donors (Lipinski definition) is 1. The minimum absolute atomic E-state index is 0.146. The van der Waals surface area contributed by atoms with Gasteiger partial charge in [0, 0.05) is 25.2 Å². The largest absolute Gasteiger partial charge is 0.416 e. The average molecular weight is 384 g/mol. The lowest BCUT2D eigenvalue weighted by Crippen LogP contribution is -2.24. The second-order valence-electron chi connectivity index (χ2n) is 6.50. The van der Waals surface area contributed by atoms with Crippen molar-refractivity contribution in [3.63, 3.8) is 0 Å². The lowest BCUT2D eigenvalue weighted by atomic mass is 10.0. The molecule has 0 unspecified atom stereocenters. The van der Waals surface area contributed by atoms with Gasteiger partial charge in [0.15, 0.2) is 0 Å². The Balaban J connectivity index is 1.85. The van der Waals surface area contributed by atoms with E-state index >= 15 is 0 Å². The molecule has 1 aliphatic rings. The van der Waals surface area contributed by atoms with E-state index in [1.165, 1.54) is 12.1 Å². The quantitative estimate of drug-likeness (QED) is 0.490. The molecule has 1 aliphatic heterocycles. The zero-order chi connectivity index (χ0) is 19.8. The lowest BCUT2D eigenvalue weighted by molar-refractivity contribution is -0.387. The highest BCUT2D eigenvalue weighted by molar-refractivity contribution is 5.35. The first-order chi connectivity index (χ1) is 12.6. The number of halogens is 4. The van der Waals surface area contributed by atoms with E-state index in [9.17, 15) is 32.8 Å². The van der Waals surface area contributed by atoms with E-state index in [1.807, 2.05) is 0 Å². The summed E-state index contributed by atoms with van der Waals surface area (Å²) in [6.45, 7) is 0.354. The van der Waals surface area contributed by atoms with Crippen LogP contribution in [0.2, 0.25) is 0 Å². The van der Waals surface area contributed by atoms with Crippen LogP contribution in [0.15, 0.2) is 42.5 Å². The first-order valence-electron chi connectivity index (χ1n) is 8.17. The summed E-state index contributed by atoms with van der Waals surface area (Å²) >= 11 is 0. The van der Waals surface area contributed by atoms with E-state index in [1.54, 1.807) is 11.0 Å². The number of aliphatic hydroxyl groups excluding tert-OH is 1. The molecule has 0 aromatic heterocycles. The minimum atomic E-state index is -4.47. The van der Waals surface area contributed by atoms with Crippen molar-refractivity contribution >= 4 is 5.69 Å². The smallest absolute Gasteiger partial charge is 0.392 e. The zero-order valence-electron chi connectivity index (χ0n) is 14.0. The molecule has 2 aromatic carbocycles. The maximum atomic E-state index is 13.8. The topological polar surface area (TPSA) is 66.6 Å². The van der Waals surface area contributed by atoms with E-state index in [-0.39, 0.29) is 19.5 Å². The van der Waals surface area contributed by atoms with Crippen molar-refractivity contribution in [2.75, 3.05) is 6.54 Å². The highest BCUT2D eigenvalue weighted by atomic mass is 19.4. The summed E-state index contributed by atoms with van der Waals surface area (Å²) in [5.41, 5.74) is -0.578. The van der Waals surface area contributed by atoms with Gasteiger partial charge in [-0.15, -0.1) is 0 Å². The molecule has 9 heteroatoms. The Labute approximate surface area is 152 Å². The van der Waals surface area contributed by atoms with E-state index in [0.29, 0.717) is 11.1 Å². The van der Waals surface area contributed by atoms with Crippen LogP contribution in [0, 0.1) is 15.9 Å². The van der Waals surface area contributed by atoms with Gasteiger partial charge in [0.1, 0.15) is 0 Å². The van der Waals surface area contributed by atoms with Crippen LogP contribution < -0.4 is 0 Å². The van der Waals surface area contributed by atoms with Crippen molar-refractivity contribution in [2.24, 2.45) is 0 Å². The fourth-order valence-corrected chi connectivity index (χ4v) is 3.35. The molecule has 1 saturated heterocycles. The third-order valence-corrected chi connectivity index (χ3v) is 4.57. The van der Waals surface area contributed by atoms with E-state index in [4.69, 9.17) is 0 Å². The first kappa shape index (κ1) is 19.2. The molecule has 2 atom stereocenters. The molecule has 1 N–H and O–H groups in total. The lowest BCUT2D eigenvalue weighted by Gasteiger charge is -2.25. The van der Waals surface area contributed by atoms with Crippen molar-refractivity contribution in [3.05, 3.63) is 75.1 Å². The van der Waals surface area contributed by atoms with Crippen molar-refractivity contribution in [1.82, 2.24) is 4.90 Å². The number of hydrogen-bond acceptors (Lipinski definition) is 4. The number of nitro benzene ring substituents is 1. The Bertz CT molecular complexity index is 857. The van der Waals surface area contributed by atoms with Crippen LogP contribution >= 0.6 is 0 Å². The number of alkyl halides is 3. The molecule has 0 amide bonds. The van der Waals surface area contributed by atoms with Gasteiger partial charge >= 0.3 is 11.9 Å². The Kier molecular flexibility index (Phi) is 5.16. The fourth-order valence-electron chi connectivity index (χ4n) is 3.35. The maximum Gasteiger partial charge on any atom is 0.416 e. The van der Waals surface area contributed by atoms with Gasteiger partial charge in [0.05, 0.1) is 16.6 Å². The Morgan fingerprint density at radius 3 is 2.59 bits per heavy atom. The van der Waals surface area contributed by atoms with Gasteiger partial charge < -0.3 is 5.11 Å². The van der Waals surface area contributed by atoms with Crippen LogP contribution in [0.5, 0.6) is 0 Å². The SMILES string of the molecule is O=[N+]([O-])c1ccc(CN2C[C@@H](O)C[C@@H]2c2cccc(C(F)(F)F)c2)cc1F. The summed E-state index contributed by atoms with van der Waals surface area (Å²) in [6.07, 6.45) is -4.96. The average Bonchev–Trinajstić information content (AvgIpc) is 2.94. The van der Waals surface area contributed by atoms with Crippen LogP contribution in [0.3, 0.4) is 0 Å². The van der Waals surface area contributed by atoms with Gasteiger partial charge in [-0.25, -0.2) is 0 Å². The van der Waals surface area contributed by atoms with E-state index in [2.05, 4.69) is 0 Å². The van der Waals surface area contributed by atoms with Gasteiger partial charge in [0.2, 0.25) is 5.82 Å². The predicted molar refractivity (Wildman–Crippen MR) is 88.3 cm³/mol. The van der Waals surface area contributed by atoms with E-state index in [0.717, 1.165) is 24.3 Å². The van der Waals surface area contributed by atoms with E-state index < -0.39 is 40.3 Å². The number of β-amino-alcohol motifs (C(OH)–C–C–N with tert-alkyl or cyclic N) is 1. The standard InChI is InChI=1S/C18H16F4N2O3/c19-15-6-11(4-5-16(15)24(26)27)9-23-10-14(25)8-17(23)12-2-1-3-13(7-12)18(20,21)22/h1-7,14,17,25H,8-10H2/t14-,17+/m0/s1. The molecule has 0 bridgehead atoms. The molecule has 27 heavy (non-hydrogen) atoms. The summed E-state index contributed by atoms with van der Waals surface area (Å²) in [6, 6.07) is 7.91. The van der Waals surface area contributed by atoms with Gasteiger partial charge in [0.25, 0.3) is 0 Å². The number of benzene rings is 2. The molecule has 0 saturated carbocycles. The first-order valence-corrected chi connectivity index (χ1v) is 8.17. The number of nitro groups is 1. The van der Waals surface area contributed by atoms with Crippen molar-refractivity contribution in [3.8, 4) is 0 Å². The van der Waals surface area contributed by atoms with Gasteiger partial charge in [-0.2, -0.15) is 17.6 Å². The molecule has 3 rings (SSSR count). The summed E-state index contributed by atoms with van der Waals surface area (Å²) in [5.74, 6) is -0.979. The van der Waals surface area contributed by atoms with Crippen LogP contribution in [-0.4, -0.2) is 27.6 Å². The Hall–Kier alpha value is -2.52. The Morgan fingerprint density at radius 2 is 1.96 bits per heavy atom. The molecule has 1 heterocycles. The molecular weight excluding hydrogens is 368 g/mol. The van der Waals surface area contributed by atoms with Crippen LogP contribution in [0.4, 0.5) is 23.2 Å². The number of aliphatic hydroxyl groups is 1. The van der Waals surface area contributed by atoms with Gasteiger partial charge in [-0.05, 0) is 35.7 Å². The summed E-state index contributed by atoms with van der Waals surface area (Å²) in [5, 5.41) is 20.7. The summed E-state index contributed by atoms with van der Waals surface area (Å²) in [7, 11) is 0. The van der Waals surface area contributed by atoms with Gasteiger partial charge in [-0.3, -0.25) is 15.0 Å². The number of rotatable bonds is 4. The second-order valence-corrected chi connectivity index (χ2v) is 6.50. The highest BCUT2D eigenvalue weighted by Crippen LogP contribution is 2.37. The minimum Gasteiger partial charge on any atom is -0.392 e. The molecule has 2 aromatic rings. The number of likely N-dealkylation sites (tertiary alicyclic amines) is 1. The molecule has 0 aliphatic carbocycles. The zero-order valence-corrected chi connectivity index (χ0v) is 14.0. The predicted octanol–water partition coefficient (Wildman–Crippen LogP) is 4.06. The van der Waals surface area contributed by atoms with Crippen molar-refractivity contribution < 1.29 is 27.6 Å². The Morgan fingerprint density at radius 1 is 1.22 bits per heavy atom. The summed E-state index contributed by atoms with van der Waals surface area (Å²) in [4.78, 5) is 11.6. The maximum absolute atomic E-state index is 13.8. The normalized spacial score (nSPS) is 20.8. The molecule has 0 radical (unpaired) electrons. The third kappa shape index (κ3) is 4.25. The summed E-state index contributed by atoms with van der Waals surface area (Å²) < 4.78 is 52.7.